The molecule has 0 saturated carbocycles. The summed E-state index contributed by atoms with van der Waals surface area (Å²) in [6, 6.07) is 38.7. The van der Waals surface area contributed by atoms with E-state index >= 15 is 0 Å². The summed E-state index contributed by atoms with van der Waals surface area (Å²) in [5, 5.41) is 2.11. The van der Waals surface area contributed by atoms with Crippen LogP contribution < -0.4 is 0 Å². The second-order valence-corrected chi connectivity index (χ2v) is 11.4. The fourth-order valence-corrected chi connectivity index (χ4v) is 5.85. The van der Waals surface area contributed by atoms with Crippen molar-refractivity contribution in [1.29, 1.82) is 0 Å². The van der Waals surface area contributed by atoms with Crippen LogP contribution in [0.5, 0.6) is 0 Å². The van der Waals surface area contributed by atoms with Crippen LogP contribution in [0.25, 0.3) is 27.5 Å². The number of Topliss-reactive ketones (excluding diaryl/α,β-unsaturated/α-hetero) is 1. The second kappa shape index (κ2) is 12.5. The average Bonchev–Trinajstić information content (AvgIpc) is 3.35. The van der Waals surface area contributed by atoms with Gasteiger partial charge in [0.05, 0.1) is 0 Å². The van der Waals surface area contributed by atoms with E-state index in [1.165, 1.54) is 27.8 Å². The Balaban J connectivity index is 0.000000170. The highest BCUT2D eigenvalue weighted by Crippen LogP contribution is 2.32. The zero-order chi connectivity index (χ0) is 28.9. The maximum Gasteiger partial charge on any atom is 0.167 e. The smallest absolute Gasteiger partial charge is 0.167 e. The fraction of sp³-hybridized carbons (Fsp3) is 0.132. The van der Waals surface area contributed by atoms with E-state index in [1.807, 2.05) is 73.7 Å². The molecule has 0 N–H and O–H groups in total. The van der Waals surface area contributed by atoms with Gasteiger partial charge < -0.3 is 4.42 Å². The number of benzene rings is 5. The molecule has 0 saturated heterocycles. The van der Waals surface area contributed by atoms with Crippen molar-refractivity contribution in [2.45, 2.75) is 34.1 Å². The van der Waals surface area contributed by atoms with E-state index in [1.54, 1.807) is 0 Å². The third kappa shape index (κ3) is 6.26. The molecule has 3 heteroatoms. The molecule has 0 radical (unpaired) electrons. The molecule has 204 valence electrons. The summed E-state index contributed by atoms with van der Waals surface area (Å²) >= 11 is 3.52. The topological polar surface area (TPSA) is 30.2 Å². The molecule has 0 spiro atoms. The zero-order valence-corrected chi connectivity index (χ0v) is 25.5. The number of rotatable bonds is 5. The fourth-order valence-electron chi connectivity index (χ4n) is 5.38. The van der Waals surface area contributed by atoms with Crippen molar-refractivity contribution in [3.63, 3.8) is 0 Å². The molecule has 0 amide bonds. The second-order valence-electron chi connectivity index (χ2n) is 10.5. The van der Waals surface area contributed by atoms with Crippen LogP contribution in [0, 0.1) is 13.8 Å². The Kier molecular flexibility index (Phi) is 8.66. The molecule has 41 heavy (non-hydrogen) atoms. The Morgan fingerprint density at radius 2 is 1.37 bits per heavy atom. The summed E-state index contributed by atoms with van der Waals surface area (Å²) in [6.07, 6.45) is 0.381. The first-order chi connectivity index (χ1) is 19.8. The van der Waals surface area contributed by atoms with Crippen LogP contribution in [0.4, 0.5) is 0 Å². The number of fused-ring (bicyclic) bond motifs is 3. The summed E-state index contributed by atoms with van der Waals surface area (Å²) in [4.78, 5) is 12.7. The van der Waals surface area contributed by atoms with E-state index < -0.39 is 0 Å². The van der Waals surface area contributed by atoms with Gasteiger partial charge in [-0.1, -0.05) is 112 Å². The van der Waals surface area contributed by atoms with Gasteiger partial charge in [0.25, 0.3) is 0 Å². The number of allylic oxidation sites excluding steroid dienone is 1. The lowest BCUT2D eigenvalue weighted by molar-refractivity contribution is 0.0992. The number of carbonyl (C=O) groups excluding carboxylic acids is 1. The van der Waals surface area contributed by atoms with Gasteiger partial charge in [0.2, 0.25) is 0 Å². The summed E-state index contributed by atoms with van der Waals surface area (Å²) in [7, 11) is 0. The minimum atomic E-state index is 0.140. The van der Waals surface area contributed by atoms with Crippen LogP contribution in [-0.4, -0.2) is 5.78 Å². The summed E-state index contributed by atoms with van der Waals surface area (Å²) in [5.74, 6) is 0.140. The van der Waals surface area contributed by atoms with E-state index in [9.17, 15) is 4.79 Å². The number of carbonyl (C=O) groups is 1. The number of para-hydroxylation sites is 1. The lowest BCUT2D eigenvalue weighted by Crippen LogP contribution is -2.05. The molecule has 0 unspecified atom stereocenters. The van der Waals surface area contributed by atoms with E-state index in [0.29, 0.717) is 6.42 Å². The molecule has 6 aromatic rings. The zero-order valence-electron chi connectivity index (χ0n) is 23.9. The van der Waals surface area contributed by atoms with Crippen LogP contribution >= 0.6 is 15.9 Å². The molecule has 2 nitrogen and oxygen atoms in total. The predicted molar refractivity (Wildman–Crippen MR) is 176 cm³/mol. The van der Waals surface area contributed by atoms with Crippen LogP contribution in [0.3, 0.4) is 0 Å². The van der Waals surface area contributed by atoms with Gasteiger partial charge in [-0.15, -0.1) is 0 Å². The Hall–Kier alpha value is -4.21. The highest BCUT2D eigenvalue weighted by molar-refractivity contribution is 9.10. The summed E-state index contributed by atoms with van der Waals surface area (Å²) < 4.78 is 7.02. The minimum absolute atomic E-state index is 0.140. The molecule has 0 aliphatic carbocycles. The van der Waals surface area contributed by atoms with Crippen molar-refractivity contribution in [1.82, 2.24) is 0 Å². The monoisotopic (exact) mass is 600 g/mol. The maximum absolute atomic E-state index is 12.7. The molecule has 5 aromatic carbocycles. The lowest BCUT2D eigenvalue weighted by Gasteiger charge is -2.14. The van der Waals surface area contributed by atoms with Gasteiger partial charge in [-0.05, 0) is 85.4 Å². The van der Waals surface area contributed by atoms with E-state index in [0.717, 1.165) is 43.1 Å². The number of hydrogen-bond donors (Lipinski definition) is 0. The van der Waals surface area contributed by atoms with Crippen molar-refractivity contribution < 1.29 is 9.21 Å². The van der Waals surface area contributed by atoms with Crippen LogP contribution in [0.1, 0.15) is 52.0 Å². The Labute approximate surface area is 250 Å². The number of aryl methyl sites for hydroxylation is 2. The molecule has 0 atom stereocenters. The Bertz CT molecular complexity index is 1870. The van der Waals surface area contributed by atoms with Crippen LogP contribution in [0.2, 0.25) is 0 Å². The number of ketones is 1. The summed E-state index contributed by atoms with van der Waals surface area (Å²) in [5.41, 5.74) is 11.1. The molecular weight excluding hydrogens is 568 g/mol. The molecule has 1 heterocycles. The first kappa shape index (κ1) is 28.3. The predicted octanol–water partition coefficient (Wildman–Crippen LogP) is 10.9. The SMILES string of the molecule is CC(C)=C(c1ccccc1)c1ccc(Br)cc1C.Cc1ccccc1C(=O)Cc1cccc2oc3ccccc3c12. The van der Waals surface area contributed by atoms with Gasteiger partial charge in [-0.25, -0.2) is 0 Å². The first-order valence-corrected chi connectivity index (χ1v) is 14.6. The third-order valence-electron chi connectivity index (χ3n) is 7.31. The maximum atomic E-state index is 12.7. The van der Waals surface area contributed by atoms with Gasteiger partial charge in [-0.3, -0.25) is 4.79 Å². The Morgan fingerprint density at radius 3 is 2.10 bits per heavy atom. The van der Waals surface area contributed by atoms with Gasteiger partial charge in [0.15, 0.2) is 5.78 Å². The van der Waals surface area contributed by atoms with Gasteiger partial charge in [-0.2, -0.15) is 0 Å². The first-order valence-electron chi connectivity index (χ1n) is 13.8. The van der Waals surface area contributed by atoms with Gasteiger partial charge in [0.1, 0.15) is 11.2 Å². The molecule has 0 fully saturated rings. The summed E-state index contributed by atoms with van der Waals surface area (Å²) in [6.45, 7) is 8.47. The van der Waals surface area contributed by atoms with E-state index in [4.69, 9.17) is 4.42 Å². The lowest BCUT2D eigenvalue weighted by atomic mass is 9.91. The number of hydrogen-bond acceptors (Lipinski definition) is 2. The third-order valence-corrected chi connectivity index (χ3v) is 7.80. The number of furan rings is 1. The highest BCUT2D eigenvalue weighted by Gasteiger charge is 2.15. The number of halogens is 1. The van der Waals surface area contributed by atoms with E-state index in [2.05, 4.69) is 85.2 Å². The van der Waals surface area contributed by atoms with Crippen molar-refractivity contribution >= 4 is 49.2 Å². The van der Waals surface area contributed by atoms with Crippen molar-refractivity contribution in [3.05, 3.63) is 159 Å². The van der Waals surface area contributed by atoms with Crippen molar-refractivity contribution in [2.24, 2.45) is 0 Å². The van der Waals surface area contributed by atoms with Crippen LogP contribution in [-0.2, 0) is 6.42 Å². The molecule has 0 aliphatic heterocycles. The standard InChI is InChI=1S/C21H16O2.C17H17Br/c1-14-7-2-3-9-16(14)18(22)13-15-8-6-12-20-21(15)17-10-4-5-11-19(17)23-20;1-12(2)17(14-7-5-4-6-8-14)16-10-9-15(18)11-13(16)3/h2-12H,13H2,1H3;4-11H,1-3H3. The van der Waals surface area contributed by atoms with Gasteiger partial charge >= 0.3 is 0 Å². The largest absolute Gasteiger partial charge is 0.456 e. The van der Waals surface area contributed by atoms with Crippen molar-refractivity contribution in [3.8, 4) is 0 Å². The molecular formula is C38H33BrO2. The van der Waals surface area contributed by atoms with Gasteiger partial charge in [0, 0.05) is 27.2 Å². The molecule has 0 bridgehead atoms. The van der Waals surface area contributed by atoms with E-state index in [-0.39, 0.29) is 5.78 Å². The van der Waals surface area contributed by atoms with Crippen LogP contribution in [0.15, 0.2) is 130 Å². The average molecular weight is 602 g/mol. The molecule has 0 aliphatic rings. The normalized spacial score (nSPS) is 10.8. The highest BCUT2D eigenvalue weighted by atomic mass is 79.9. The Morgan fingerprint density at radius 1 is 0.683 bits per heavy atom. The molecule has 1 aromatic heterocycles. The molecule has 6 rings (SSSR count). The quantitative estimate of drug-likeness (QED) is 0.184. The minimum Gasteiger partial charge on any atom is -0.456 e. The van der Waals surface area contributed by atoms with Crippen molar-refractivity contribution in [2.75, 3.05) is 0 Å².